The number of amides is 1. The van der Waals surface area contributed by atoms with E-state index in [0.717, 1.165) is 5.69 Å². The van der Waals surface area contributed by atoms with Crippen molar-refractivity contribution in [3.05, 3.63) is 29.8 Å². The van der Waals surface area contributed by atoms with Crippen molar-refractivity contribution in [1.29, 1.82) is 0 Å². The second-order valence-corrected chi connectivity index (χ2v) is 4.92. The Hall–Kier alpha value is -0.780. The van der Waals surface area contributed by atoms with E-state index in [0.29, 0.717) is 5.56 Å². The normalized spacial score (nSPS) is 10.9. The minimum absolute atomic E-state index is 0.0454. The van der Waals surface area contributed by atoms with Crippen molar-refractivity contribution in [1.82, 2.24) is 5.32 Å². The highest BCUT2D eigenvalue weighted by atomic mass is 127. The van der Waals surface area contributed by atoms with Crippen molar-refractivity contribution in [2.45, 2.75) is 26.3 Å². The average molecular weight is 318 g/mol. The van der Waals surface area contributed by atoms with Gasteiger partial charge in [-0.15, -0.1) is 0 Å². The van der Waals surface area contributed by atoms with E-state index in [1.165, 1.54) is 0 Å². The third-order valence-corrected chi connectivity index (χ3v) is 2.35. The Morgan fingerprint density at radius 3 is 2.53 bits per heavy atom. The molecule has 2 N–H and O–H groups in total. The van der Waals surface area contributed by atoms with E-state index in [4.69, 9.17) is 0 Å². The van der Waals surface area contributed by atoms with Crippen LogP contribution in [0.25, 0.3) is 0 Å². The van der Waals surface area contributed by atoms with Gasteiger partial charge in [0.1, 0.15) is 0 Å². The fourth-order valence-corrected chi connectivity index (χ4v) is 1.47. The van der Waals surface area contributed by atoms with Crippen molar-refractivity contribution in [2.75, 3.05) is 3.53 Å². The molecule has 0 aliphatic heterocycles. The molecule has 0 fully saturated rings. The first-order chi connectivity index (χ1) is 6.92. The van der Waals surface area contributed by atoms with E-state index in [9.17, 15) is 4.79 Å². The SMILES string of the molecule is CC(C)(C)NC(=O)c1cccc(NI)c1. The van der Waals surface area contributed by atoms with E-state index in [1.54, 1.807) is 6.07 Å². The Morgan fingerprint density at radius 2 is 2.00 bits per heavy atom. The molecule has 0 saturated heterocycles. The molecule has 0 aliphatic rings. The molecule has 1 aromatic rings. The number of rotatable bonds is 2. The lowest BCUT2D eigenvalue weighted by molar-refractivity contribution is 0.0919. The number of anilines is 1. The molecule has 0 aliphatic carbocycles. The van der Waals surface area contributed by atoms with Crippen LogP contribution in [0.4, 0.5) is 5.69 Å². The van der Waals surface area contributed by atoms with E-state index in [2.05, 4.69) is 8.85 Å². The highest BCUT2D eigenvalue weighted by Gasteiger charge is 2.15. The number of carbonyl (C=O) groups excluding carboxylic acids is 1. The first kappa shape index (κ1) is 12.3. The highest BCUT2D eigenvalue weighted by Crippen LogP contribution is 2.13. The van der Waals surface area contributed by atoms with Gasteiger partial charge in [-0.1, -0.05) is 6.07 Å². The number of carbonyl (C=O) groups is 1. The summed E-state index contributed by atoms with van der Waals surface area (Å²) in [6.07, 6.45) is 0. The molecule has 3 nitrogen and oxygen atoms in total. The van der Waals surface area contributed by atoms with Gasteiger partial charge >= 0.3 is 0 Å². The lowest BCUT2D eigenvalue weighted by Gasteiger charge is -2.20. The fraction of sp³-hybridized carbons (Fsp3) is 0.364. The minimum atomic E-state index is -0.204. The van der Waals surface area contributed by atoms with Crippen LogP contribution < -0.4 is 8.85 Å². The molecule has 0 bridgehead atoms. The predicted molar refractivity (Wildman–Crippen MR) is 71.3 cm³/mol. The Balaban J connectivity index is 2.82. The van der Waals surface area contributed by atoms with Gasteiger partial charge in [-0.2, -0.15) is 0 Å². The van der Waals surface area contributed by atoms with Gasteiger partial charge in [0.15, 0.2) is 0 Å². The smallest absolute Gasteiger partial charge is 0.251 e. The van der Waals surface area contributed by atoms with Crippen molar-refractivity contribution in [2.24, 2.45) is 0 Å². The predicted octanol–water partition coefficient (Wildman–Crippen LogP) is 2.98. The molecule has 82 valence electrons. The highest BCUT2D eigenvalue weighted by molar-refractivity contribution is 14.1. The summed E-state index contributed by atoms with van der Waals surface area (Å²) >= 11 is 2.04. The van der Waals surface area contributed by atoms with E-state index >= 15 is 0 Å². The van der Waals surface area contributed by atoms with Crippen LogP contribution in [-0.4, -0.2) is 11.4 Å². The monoisotopic (exact) mass is 318 g/mol. The van der Waals surface area contributed by atoms with Crippen LogP contribution in [0.3, 0.4) is 0 Å². The summed E-state index contributed by atoms with van der Waals surface area (Å²) in [5.74, 6) is -0.0454. The van der Waals surface area contributed by atoms with Gasteiger partial charge in [-0.3, -0.25) is 4.79 Å². The summed E-state index contributed by atoms with van der Waals surface area (Å²) in [4.78, 5) is 11.8. The molecule has 1 amide bonds. The Labute approximate surface area is 104 Å². The summed E-state index contributed by atoms with van der Waals surface area (Å²) in [5, 5.41) is 2.92. The summed E-state index contributed by atoms with van der Waals surface area (Å²) in [6.45, 7) is 5.89. The van der Waals surface area contributed by atoms with E-state index in [1.807, 2.05) is 61.8 Å². The quantitative estimate of drug-likeness (QED) is 0.650. The van der Waals surface area contributed by atoms with Crippen molar-refractivity contribution in [3.63, 3.8) is 0 Å². The second kappa shape index (κ2) is 4.83. The van der Waals surface area contributed by atoms with Gasteiger partial charge in [-0.05, 0) is 39.0 Å². The zero-order valence-corrected chi connectivity index (χ0v) is 11.3. The topological polar surface area (TPSA) is 41.1 Å². The molecule has 1 rings (SSSR count). The molecule has 0 radical (unpaired) electrons. The summed E-state index contributed by atoms with van der Waals surface area (Å²) in [7, 11) is 0. The van der Waals surface area contributed by atoms with Crippen LogP contribution in [0.15, 0.2) is 24.3 Å². The average Bonchev–Trinajstić information content (AvgIpc) is 2.15. The summed E-state index contributed by atoms with van der Waals surface area (Å²) in [6, 6.07) is 7.41. The van der Waals surface area contributed by atoms with Crippen molar-refractivity contribution < 1.29 is 4.79 Å². The molecule has 0 atom stereocenters. The molecular weight excluding hydrogens is 303 g/mol. The number of benzene rings is 1. The standard InChI is InChI=1S/C11H15IN2O/c1-11(2,3)13-10(15)8-5-4-6-9(7-8)14-12/h4-7,14H,1-3H3,(H,13,15). The minimum Gasteiger partial charge on any atom is -0.347 e. The Bertz CT molecular complexity index is 358. The van der Waals surface area contributed by atoms with Crippen LogP contribution in [0.1, 0.15) is 31.1 Å². The molecule has 4 heteroatoms. The van der Waals surface area contributed by atoms with Gasteiger partial charge in [0.2, 0.25) is 0 Å². The lowest BCUT2D eigenvalue weighted by Crippen LogP contribution is -2.40. The maximum atomic E-state index is 11.8. The van der Waals surface area contributed by atoms with Crippen LogP contribution in [0.5, 0.6) is 0 Å². The molecule has 1 aromatic carbocycles. The molecule has 0 saturated carbocycles. The third-order valence-electron chi connectivity index (χ3n) is 1.72. The number of halogens is 1. The van der Waals surface area contributed by atoms with Gasteiger partial charge in [0, 0.05) is 16.8 Å². The van der Waals surface area contributed by atoms with Crippen LogP contribution in [-0.2, 0) is 0 Å². The maximum absolute atomic E-state index is 11.8. The molecule has 0 unspecified atom stereocenters. The van der Waals surface area contributed by atoms with Crippen LogP contribution in [0, 0.1) is 0 Å². The molecule has 0 spiro atoms. The molecular formula is C11H15IN2O. The lowest BCUT2D eigenvalue weighted by atomic mass is 10.1. The third kappa shape index (κ3) is 4.07. The number of nitrogens with one attached hydrogen (secondary N) is 2. The summed E-state index contributed by atoms with van der Waals surface area (Å²) in [5.41, 5.74) is 1.40. The van der Waals surface area contributed by atoms with Crippen molar-refractivity contribution >= 4 is 34.5 Å². The zero-order valence-electron chi connectivity index (χ0n) is 9.10. The van der Waals surface area contributed by atoms with Gasteiger partial charge < -0.3 is 8.85 Å². The van der Waals surface area contributed by atoms with Crippen LogP contribution in [0.2, 0.25) is 0 Å². The van der Waals surface area contributed by atoms with Gasteiger partial charge in [-0.25, -0.2) is 0 Å². The summed E-state index contributed by atoms with van der Waals surface area (Å²) < 4.78 is 2.98. The van der Waals surface area contributed by atoms with Crippen molar-refractivity contribution in [3.8, 4) is 0 Å². The maximum Gasteiger partial charge on any atom is 0.251 e. The molecule has 15 heavy (non-hydrogen) atoms. The van der Waals surface area contributed by atoms with Crippen LogP contribution >= 0.6 is 22.9 Å². The van der Waals surface area contributed by atoms with Gasteiger partial charge in [0.05, 0.1) is 22.9 Å². The first-order valence-corrected chi connectivity index (χ1v) is 5.79. The number of hydrogen-bond donors (Lipinski definition) is 2. The largest absolute Gasteiger partial charge is 0.347 e. The molecule has 0 heterocycles. The first-order valence-electron chi connectivity index (χ1n) is 4.71. The fourth-order valence-electron chi connectivity index (χ4n) is 1.13. The Kier molecular flexibility index (Phi) is 3.96. The molecule has 0 aromatic heterocycles. The van der Waals surface area contributed by atoms with E-state index < -0.39 is 0 Å². The Morgan fingerprint density at radius 1 is 1.33 bits per heavy atom. The second-order valence-electron chi connectivity index (χ2n) is 4.38. The van der Waals surface area contributed by atoms with Gasteiger partial charge in [0.25, 0.3) is 5.91 Å². The zero-order chi connectivity index (χ0) is 11.5. The van der Waals surface area contributed by atoms with E-state index in [-0.39, 0.29) is 11.4 Å². The number of hydrogen-bond acceptors (Lipinski definition) is 2.